The van der Waals surface area contributed by atoms with Gasteiger partial charge in [-0.2, -0.15) is 0 Å². The smallest absolute Gasteiger partial charge is 0.462 e. The van der Waals surface area contributed by atoms with Crippen LogP contribution in [-0.2, 0) is 65.4 Å². The lowest BCUT2D eigenvalue weighted by Crippen LogP contribution is -2.30. The van der Waals surface area contributed by atoms with Gasteiger partial charge in [-0.25, -0.2) is 9.13 Å². The van der Waals surface area contributed by atoms with Crippen molar-refractivity contribution in [2.75, 3.05) is 39.6 Å². The van der Waals surface area contributed by atoms with Gasteiger partial charge in [-0.3, -0.25) is 37.3 Å². The van der Waals surface area contributed by atoms with E-state index in [2.05, 4.69) is 34.6 Å². The van der Waals surface area contributed by atoms with Crippen molar-refractivity contribution in [2.24, 2.45) is 5.92 Å². The first kappa shape index (κ1) is 97.1. The normalized spacial score (nSPS) is 13.9. The number of aliphatic hydroxyl groups excluding tert-OH is 1. The van der Waals surface area contributed by atoms with Gasteiger partial charge in [0.05, 0.1) is 26.4 Å². The van der Waals surface area contributed by atoms with Crippen molar-refractivity contribution in [1.82, 2.24) is 0 Å². The van der Waals surface area contributed by atoms with E-state index in [0.717, 1.165) is 109 Å². The van der Waals surface area contributed by atoms with E-state index in [-0.39, 0.29) is 25.7 Å². The van der Waals surface area contributed by atoms with E-state index in [1.807, 2.05) is 0 Å². The average molecular weight is 1450 g/mol. The van der Waals surface area contributed by atoms with Gasteiger partial charge in [0.25, 0.3) is 0 Å². The topological polar surface area (TPSA) is 237 Å². The fourth-order valence-electron chi connectivity index (χ4n) is 12.4. The number of unbranched alkanes of at least 4 members (excludes halogenated alkanes) is 52. The first-order valence-corrected chi connectivity index (χ1v) is 44.6. The minimum absolute atomic E-state index is 0.106. The van der Waals surface area contributed by atoms with Gasteiger partial charge in [-0.05, 0) is 31.6 Å². The van der Waals surface area contributed by atoms with Crippen molar-refractivity contribution in [1.29, 1.82) is 0 Å². The molecular weight excluding hydrogens is 1290 g/mol. The summed E-state index contributed by atoms with van der Waals surface area (Å²) >= 11 is 0. The number of phosphoric acid groups is 2. The van der Waals surface area contributed by atoms with Crippen LogP contribution in [0.15, 0.2) is 0 Å². The van der Waals surface area contributed by atoms with E-state index < -0.39 is 97.5 Å². The minimum Gasteiger partial charge on any atom is -0.462 e. The molecule has 0 aliphatic rings. The summed E-state index contributed by atoms with van der Waals surface area (Å²) < 4.78 is 68.5. The molecule has 17 nitrogen and oxygen atoms in total. The number of carbonyl (C=O) groups excluding carboxylic acids is 4. The molecule has 99 heavy (non-hydrogen) atoms. The molecule has 0 aliphatic heterocycles. The Bertz CT molecular complexity index is 1890. The van der Waals surface area contributed by atoms with E-state index in [0.29, 0.717) is 25.7 Å². The van der Waals surface area contributed by atoms with Crippen LogP contribution in [0.3, 0.4) is 0 Å². The van der Waals surface area contributed by atoms with Gasteiger partial charge < -0.3 is 33.8 Å². The zero-order valence-corrected chi connectivity index (χ0v) is 66.4. The third-order valence-electron chi connectivity index (χ3n) is 18.8. The predicted octanol–water partition coefficient (Wildman–Crippen LogP) is 24.0. The lowest BCUT2D eigenvalue weighted by Gasteiger charge is -2.21. The van der Waals surface area contributed by atoms with Crippen molar-refractivity contribution in [3.05, 3.63) is 0 Å². The zero-order chi connectivity index (χ0) is 72.7. The molecule has 0 fully saturated rings. The first-order chi connectivity index (χ1) is 48.0. The quantitative estimate of drug-likeness (QED) is 0.0222. The largest absolute Gasteiger partial charge is 0.472 e. The first-order valence-electron chi connectivity index (χ1n) is 41.6. The van der Waals surface area contributed by atoms with Crippen LogP contribution in [0.4, 0.5) is 0 Å². The number of rotatable bonds is 80. The number of aliphatic hydroxyl groups is 1. The summed E-state index contributed by atoms with van der Waals surface area (Å²) in [7, 11) is -9.91. The molecule has 0 bridgehead atoms. The number of esters is 4. The summed E-state index contributed by atoms with van der Waals surface area (Å²) in [5.41, 5.74) is 0. The van der Waals surface area contributed by atoms with Crippen molar-refractivity contribution >= 4 is 39.5 Å². The standard InChI is InChI=1S/C80H156O17P2/c1-6-9-12-15-18-20-22-24-26-28-30-31-32-34-36-38-40-45-50-55-60-65-79(84)97-76(70-91-78(83)64-59-54-49-44-39-37-35-33-29-27-25-23-21-19-16-13-10-7-2)72-95-99(88,89)93-68-74(81)67-92-98(86,87)94-71-75(69-90-77(82)63-58-53-47-17-14-11-8-3)96-80(85)66-61-56-51-46-42-41-43-48-52-57-62-73(4)5/h73-76,81H,6-72H2,1-5H3,(H,86,87)(H,88,89)/t74-,75+,76+/m0/s1. The Morgan fingerprint density at radius 2 is 0.465 bits per heavy atom. The maximum absolute atomic E-state index is 13.1. The van der Waals surface area contributed by atoms with Crippen LogP contribution < -0.4 is 0 Å². The van der Waals surface area contributed by atoms with Crippen LogP contribution in [0.5, 0.6) is 0 Å². The Morgan fingerprint density at radius 3 is 0.687 bits per heavy atom. The summed E-state index contributed by atoms with van der Waals surface area (Å²) in [6.07, 6.45) is 64.1. The van der Waals surface area contributed by atoms with Gasteiger partial charge in [0.15, 0.2) is 12.2 Å². The van der Waals surface area contributed by atoms with E-state index in [1.165, 1.54) is 238 Å². The highest BCUT2D eigenvalue weighted by molar-refractivity contribution is 7.47. The molecular formula is C80H156O17P2. The summed E-state index contributed by atoms with van der Waals surface area (Å²) in [6, 6.07) is 0. The van der Waals surface area contributed by atoms with E-state index in [1.54, 1.807) is 0 Å². The molecule has 2 unspecified atom stereocenters. The highest BCUT2D eigenvalue weighted by Gasteiger charge is 2.30. The third kappa shape index (κ3) is 74.1. The maximum atomic E-state index is 13.1. The van der Waals surface area contributed by atoms with Crippen LogP contribution in [-0.4, -0.2) is 96.7 Å². The number of hydrogen-bond acceptors (Lipinski definition) is 15. The summed E-state index contributed by atoms with van der Waals surface area (Å²) in [5, 5.41) is 10.6. The fraction of sp³-hybridized carbons (Fsp3) is 0.950. The lowest BCUT2D eigenvalue weighted by atomic mass is 10.0. The average Bonchev–Trinajstić information content (AvgIpc) is 0.993. The van der Waals surface area contributed by atoms with Gasteiger partial charge in [-0.15, -0.1) is 0 Å². The molecule has 0 saturated carbocycles. The SMILES string of the molecule is CCCCCCCCCCCCCCCCCCCCCCCC(=O)O[C@H](COC(=O)CCCCCCCCCCCCCCCCCCCC)COP(=O)(O)OC[C@@H](O)COP(=O)(O)OC[C@@H](COC(=O)CCCCCCCCC)OC(=O)CCCCCCCCCCCCC(C)C. The molecule has 0 spiro atoms. The molecule has 0 saturated heterocycles. The van der Waals surface area contributed by atoms with Crippen molar-refractivity contribution in [3.8, 4) is 0 Å². The van der Waals surface area contributed by atoms with Gasteiger partial charge in [0.2, 0.25) is 0 Å². The van der Waals surface area contributed by atoms with Crippen LogP contribution in [0.25, 0.3) is 0 Å². The van der Waals surface area contributed by atoms with E-state index in [4.69, 9.17) is 37.0 Å². The van der Waals surface area contributed by atoms with E-state index >= 15 is 0 Å². The predicted molar refractivity (Wildman–Crippen MR) is 405 cm³/mol. The van der Waals surface area contributed by atoms with Crippen LogP contribution in [0.1, 0.15) is 426 Å². The highest BCUT2D eigenvalue weighted by atomic mass is 31.2. The van der Waals surface area contributed by atoms with E-state index in [9.17, 15) is 43.2 Å². The second-order valence-electron chi connectivity index (χ2n) is 29.3. The molecule has 588 valence electrons. The molecule has 0 amide bonds. The molecule has 3 N–H and O–H groups in total. The maximum Gasteiger partial charge on any atom is 0.472 e. The Labute approximate surface area is 607 Å². The fourth-order valence-corrected chi connectivity index (χ4v) is 14.0. The lowest BCUT2D eigenvalue weighted by molar-refractivity contribution is -0.161. The summed E-state index contributed by atoms with van der Waals surface area (Å²) in [5.74, 6) is -1.36. The molecule has 0 aliphatic carbocycles. The summed E-state index contributed by atoms with van der Waals surface area (Å²) in [4.78, 5) is 72.8. The molecule has 0 aromatic carbocycles. The van der Waals surface area contributed by atoms with Gasteiger partial charge in [-0.1, -0.05) is 375 Å². The van der Waals surface area contributed by atoms with Gasteiger partial charge in [0, 0.05) is 25.7 Å². The van der Waals surface area contributed by atoms with Crippen molar-refractivity contribution in [2.45, 2.75) is 445 Å². The molecule has 0 rings (SSSR count). The number of ether oxygens (including phenoxy) is 4. The molecule has 5 atom stereocenters. The Balaban J connectivity index is 5.16. The molecule has 0 aromatic rings. The second kappa shape index (κ2) is 73.0. The zero-order valence-electron chi connectivity index (χ0n) is 64.6. The Kier molecular flexibility index (Phi) is 71.6. The molecule has 0 heterocycles. The Hall–Kier alpha value is -1.94. The number of carbonyl (C=O) groups is 4. The third-order valence-corrected chi connectivity index (χ3v) is 20.7. The molecule has 19 heteroatoms. The highest BCUT2D eigenvalue weighted by Crippen LogP contribution is 2.45. The Morgan fingerprint density at radius 1 is 0.273 bits per heavy atom. The molecule has 0 radical (unpaired) electrons. The number of hydrogen-bond donors (Lipinski definition) is 3. The minimum atomic E-state index is -4.96. The van der Waals surface area contributed by atoms with Gasteiger partial charge >= 0.3 is 39.5 Å². The van der Waals surface area contributed by atoms with Gasteiger partial charge in [0.1, 0.15) is 19.3 Å². The monoisotopic (exact) mass is 1450 g/mol. The molecule has 0 aromatic heterocycles. The van der Waals surface area contributed by atoms with Crippen molar-refractivity contribution in [3.63, 3.8) is 0 Å². The van der Waals surface area contributed by atoms with Crippen molar-refractivity contribution < 1.29 is 80.2 Å². The van der Waals surface area contributed by atoms with Crippen LogP contribution in [0, 0.1) is 5.92 Å². The van der Waals surface area contributed by atoms with Crippen LogP contribution >= 0.6 is 15.6 Å². The second-order valence-corrected chi connectivity index (χ2v) is 32.2. The van der Waals surface area contributed by atoms with Crippen LogP contribution in [0.2, 0.25) is 0 Å². The number of phosphoric ester groups is 2. The summed E-state index contributed by atoms with van der Waals surface area (Å²) in [6.45, 7) is 7.26.